The zero-order valence-corrected chi connectivity index (χ0v) is 12.5. The van der Waals surface area contributed by atoms with Crippen molar-refractivity contribution in [2.45, 2.75) is 6.92 Å². The molecule has 0 N–H and O–H groups in total. The van der Waals surface area contributed by atoms with E-state index in [4.69, 9.17) is 16.3 Å². The summed E-state index contributed by atoms with van der Waals surface area (Å²) < 4.78 is 7.11. The monoisotopic (exact) mass is 299 g/mol. The van der Waals surface area contributed by atoms with E-state index in [2.05, 4.69) is 10.2 Å². The molecule has 0 saturated heterocycles. The maximum absolute atomic E-state index is 6.21. The molecule has 1 heterocycles. The zero-order chi connectivity index (χ0) is 14.8. The molecule has 4 nitrogen and oxygen atoms in total. The summed E-state index contributed by atoms with van der Waals surface area (Å²) in [4.78, 5) is 0. The smallest absolute Gasteiger partial charge is 0.229 e. The third kappa shape index (κ3) is 2.50. The molecule has 21 heavy (non-hydrogen) atoms. The minimum absolute atomic E-state index is 0.332. The summed E-state index contributed by atoms with van der Waals surface area (Å²) in [5, 5.41) is 8.50. The fourth-order valence-electron chi connectivity index (χ4n) is 2.27. The third-order valence-electron chi connectivity index (χ3n) is 3.29. The molecule has 0 bridgehead atoms. The van der Waals surface area contributed by atoms with Crippen molar-refractivity contribution >= 4 is 11.6 Å². The van der Waals surface area contributed by atoms with Crippen molar-refractivity contribution in [1.29, 1.82) is 0 Å². The Balaban J connectivity index is 2.15. The number of aryl methyl sites for hydroxylation is 1. The van der Waals surface area contributed by atoms with Gasteiger partial charge in [-0.3, -0.25) is 4.57 Å². The van der Waals surface area contributed by atoms with Crippen LogP contribution in [0.25, 0.3) is 17.1 Å². The normalized spacial score (nSPS) is 10.6. The number of benzene rings is 2. The first kappa shape index (κ1) is 13.6. The highest BCUT2D eigenvalue weighted by Gasteiger charge is 2.14. The number of ether oxygens (including phenoxy) is 1. The molecule has 0 atom stereocenters. The molecular weight excluding hydrogens is 286 g/mol. The molecule has 3 aromatic rings. The van der Waals surface area contributed by atoms with Crippen molar-refractivity contribution in [2.24, 2.45) is 0 Å². The molecular formula is C16H14ClN3O. The lowest BCUT2D eigenvalue weighted by atomic mass is 10.1. The highest BCUT2D eigenvalue weighted by molar-refractivity contribution is 6.28. The van der Waals surface area contributed by atoms with Gasteiger partial charge in [0, 0.05) is 5.56 Å². The molecule has 0 radical (unpaired) electrons. The summed E-state index contributed by atoms with van der Waals surface area (Å²) in [5.74, 6) is 1.55. The number of nitrogens with zero attached hydrogens (tertiary/aromatic N) is 3. The lowest BCUT2D eigenvalue weighted by Gasteiger charge is -2.11. The Hall–Kier alpha value is -2.33. The molecule has 0 fully saturated rings. The van der Waals surface area contributed by atoms with Gasteiger partial charge in [-0.25, -0.2) is 0 Å². The standard InChI is InChI=1S/C16H14ClN3O/c1-11-10-13(8-9-14(11)21-2)20-15(18-19-16(20)17)12-6-4-3-5-7-12/h3-10H,1-2H3. The highest BCUT2D eigenvalue weighted by Crippen LogP contribution is 2.27. The molecule has 0 saturated carbocycles. The Morgan fingerprint density at radius 3 is 2.48 bits per heavy atom. The van der Waals surface area contributed by atoms with Crippen molar-refractivity contribution in [1.82, 2.24) is 14.8 Å². The summed E-state index contributed by atoms with van der Waals surface area (Å²) >= 11 is 6.21. The largest absolute Gasteiger partial charge is 0.496 e. The highest BCUT2D eigenvalue weighted by atomic mass is 35.5. The summed E-state index contributed by atoms with van der Waals surface area (Å²) in [6.45, 7) is 1.99. The van der Waals surface area contributed by atoms with E-state index in [9.17, 15) is 0 Å². The van der Waals surface area contributed by atoms with Gasteiger partial charge in [0.05, 0.1) is 12.8 Å². The Kier molecular flexibility index (Phi) is 3.62. The fraction of sp³-hybridized carbons (Fsp3) is 0.125. The number of methoxy groups -OCH3 is 1. The fourth-order valence-corrected chi connectivity index (χ4v) is 2.49. The van der Waals surface area contributed by atoms with Gasteiger partial charge in [-0.1, -0.05) is 30.3 Å². The average Bonchev–Trinajstić information content (AvgIpc) is 2.90. The average molecular weight is 300 g/mol. The summed E-state index contributed by atoms with van der Waals surface area (Å²) in [6.07, 6.45) is 0. The predicted molar refractivity (Wildman–Crippen MR) is 83.1 cm³/mol. The summed E-state index contributed by atoms with van der Waals surface area (Å²) in [5.41, 5.74) is 2.89. The second-order valence-corrected chi connectivity index (χ2v) is 4.99. The van der Waals surface area contributed by atoms with Gasteiger partial charge in [-0.05, 0) is 42.3 Å². The van der Waals surface area contributed by atoms with Gasteiger partial charge in [0.25, 0.3) is 0 Å². The first-order valence-electron chi connectivity index (χ1n) is 6.52. The molecule has 5 heteroatoms. The Morgan fingerprint density at radius 2 is 1.81 bits per heavy atom. The van der Waals surface area contributed by atoms with E-state index >= 15 is 0 Å². The van der Waals surface area contributed by atoms with Crippen LogP contribution < -0.4 is 4.74 Å². The molecule has 0 unspecified atom stereocenters. The number of hydrogen-bond donors (Lipinski definition) is 0. The third-order valence-corrected chi connectivity index (χ3v) is 3.54. The molecule has 0 aliphatic rings. The second kappa shape index (κ2) is 5.58. The maximum atomic E-state index is 6.21. The van der Waals surface area contributed by atoms with Crippen LogP contribution in [0.2, 0.25) is 5.28 Å². The van der Waals surface area contributed by atoms with Crippen molar-refractivity contribution in [3.05, 3.63) is 59.4 Å². The van der Waals surface area contributed by atoms with E-state index in [-0.39, 0.29) is 0 Å². The molecule has 106 valence electrons. The van der Waals surface area contributed by atoms with E-state index in [1.165, 1.54) is 0 Å². The minimum Gasteiger partial charge on any atom is -0.496 e. The van der Waals surface area contributed by atoms with Crippen molar-refractivity contribution < 1.29 is 4.74 Å². The van der Waals surface area contributed by atoms with Crippen molar-refractivity contribution in [3.63, 3.8) is 0 Å². The predicted octanol–water partition coefficient (Wildman–Crippen LogP) is 3.90. The molecule has 2 aromatic carbocycles. The van der Waals surface area contributed by atoms with Gasteiger partial charge in [0.1, 0.15) is 5.75 Å². The first-order valence-corrected chi connectivity index (χ1v) is 6.90. The Labute approximate surface area is 128 Å². The number of rotatable bonds is 3. The van der Waals surface area contributed by atoms with Crippen LogP contribution in [0.1, 0.15) is 5.56 Å². The number of halogens is 1. The molecule has 0 aliphatic carbocycles. The van der Waals surface area contributed by atoms with Gasteiger partial charge in [0.2, 0.25) is 5.28 Å². The van der Waals surface area contributed by atoms with Crippen LogP contribution in [0.3, 0.4) is 0 Å². The van der Waals surface area contributed by atoms with Crippen molar-refractivity contribution in [3.8, 4) is 22.8 Å². The number of aromatic nitrogens is 3. The first-order chi connectivity index (χ1) is 10.2. The quantitative estimate of drug-likeness (QED) is 0.736. The van der Waals surface area contributed by atoms with Gasteiger partial charge < -0.3 is 4.74 Å². The van der Waals surface area contributed by atoms with Crippen LogP contribution in [0.15, 0.2) is 48.5 Å². The zero-order valence-electron chi connectivity index (χ0n) is 11.7. The molecule has 0 spiro atoms. The Bertz CT molecular complexity index is 768. The van der Waals surface area contributed by atoms with Gasteiger partial charge in [-0.2, -0.15) is 0 Å². The Morgan fingerprint density at radius 1 is 1.05 bits per heavy atom. The molecule has 3 rings (SSSR count). The van der Waals surface area contributed by atoms with Crippen LogP contribution in [0.5, 0.6) is 5.75 Å². The van der Waals surface area contributed by atoms with E-state index in [0.717, 1.165) is 22.6 Å². The van der Waals surface area contributed by atoms with Gasteiger partial charge in [-0.15, -0.1) is 10.2 Å². The van der Waals surface area contributed by atoms with E-state index in [0.29, 0.717) is 11.1 Å². The van der Waals surface area contributed by atoms with Crippen LogP contribution >= 0.6 is 11.6 Å². The van der Waals surface area contributed by atoms with E-state index < -0.39 is 0 Å². The minimum atomic E-state index is 0.332. The van der Waals surface area contributed by atoms with E-state index in [1.807, 2.05) is 60.0 Å². The maximum Gasteiger partial charge on any atom is 0.229 e. The van der Waals surface area contributed by atoms with Crippen LogP contribution in [0.4, 0.5) is 0 Å². The lowest BCUT2D eigenvalue weighted by molar-refractivity contribution is 0.411. The molecule has 0 aliphatic heterocycles. The van der Waals surface area contributed by atoms with Gasteiger partial charge in [0.15, 0.2) is 5.82 Å². The lowest BCUT2D eigenvalue weighted by Crippen LogP contribution is -1.99. The SMILES string of the molecule is COc1ccc(-n2c(Cl)nnc2-c2ccccc2)cc1C. The second-order valence-electron chi connectivity index (χ2n) is 4.65. The number of hydrogen-bond acceptors (Lipinski definition) is 3. The van der Waals surface area contributed by atoms with Crippen molar-refractivity contribution in [2.75, 3.05) is 7.11 Å². The van der Waals surface area contributed by atoms with Crippen LogP contribution in [-0.4, -0.2) is 21.9 Å². The molecule has 1 aromatic heterocycles. The van der Waals surface area contributed by atoms with Crippen LogP contribution in [0, 0.1) is 6.92 Å². The summed E-state index contributed by atoms with van der Waals surface area (Å²) in [7, 11) is 1.66. The van der Waals surface area contributed by atoms with Gasteiger partial charge >= 0.3 is 0 Å². The molecule has 0 amide bonds. The topological polar surface area (TPSA) is 39.9 Å². The van der Waals surface area contributed by atoms with Crippen LogP contribution in [-0.2, 0) is 0 Å². The summed E-state index contributed by atoms with van der Waals surface area (Å²) in [6, 6.07) is 15.7. The van der Waals surface area contributed by atoms with E-state index in [1.54, 1.807) is 7.11 Å².